The van der Waals surface area contributed by atoms with Gasteiger partial charge in [0.1, 0.15) is 13.0 Å². The number of carbonyl (C=O) groups is 3. The van der Waals surface area contributed by atoms with Crippen LogP contribution in [0.5, 0.6) is 0 Å². The average Bonchev–Trinajstić information content (AvgIpc) is 2.36. The molecule has 0 aliphatic carbocycles. The van der Waals surface area contributed by atoms with E-state index in [1.54, 1.807) is 18.2 Å². The molecule has 0 radical (unpaired) electrons. The van der Waals surface area contributed by atoms with Gasteiger partial charge in [-0.15, -0.1) is 0 Å². The molecule has 0 fully saturated rings. The summed E-state index contributed by atoms with van der Waals surface area (Å²) in [4.78, 5) is 33.4. The Labute approximate surface area is 108 Å². The van der Waals surface area contributed by atoms with Gasteiger partial charge < -0.3 is 15.7 Å². The number of anilines is 1. The van der Waals surface area contributed by atoms with E-state index in [9.17, 15) is 14.4 Å². The molecule has 1 aromatic carbocycles. The number of nitrogens with one attached hydrogen (secondary N) is 2. The molecule has 19 heavy (non-hydrogen) atoms. The summed E-state index contributed by atoms with van der Waals surface area (Å²) in [6.45, 7) is -0.515. The van der Waals surface area contributed by atoms with E-state index in [4.69, 9.17) is 10.4 Å². The van der Waals surface area contributed by atoms with Crippen molar-refractivity contribution in [3.05, 3.63) is 29.8 Å². The van der Waals surface area contributed by atoms with Crippen LogP contribution in [0.15, 0.2) is 24.3 Å². The van der Waals surface area contributed by atoms with Crippen LogP contribution in [0, 0.1) is 11.3 Å². The number of benzene rings is 1. The van der Waals surface area contributed by atoms with E-state index in [1.807, 2.05) is 0 Å². The predicted molar refractivity (Wildman–Crippen MR) is 65.3 cm³/mol. The Kier molecular flexibility index (Phi) is 5.04. The summed E-state index contributed by atoms with van der Waals surface area (Å²) in [5.41, 5.74) is 0.362. The van der Waals surface area contributed by atoms with Crippen LogP contribution in [0.1, 0.15) is 16.8 Å². The molecular weight excluding hydrogens is 250 g/mol. The van der Waals surface area contributed by atoms with Gasteiger partial charge in [0, 0.05) is 0 Å². The van der Waals surface area contributed by atoms with E-state index in [0.29, 0.717) is 0 Å². The molecule has 0 spiro atoms. The van der Waals surface area contributed by atoms with Crippen molar-refractivity contribution < 1.29 is 19.5 Å². The van der Waals surface area contributed by atoms with E-state index in [1.165, 1.54) is 12.1 Å². The van der Waals surface area contributed by atoms with Gasteiger partial charge in [-0.1, -0.05) is 12.1 Å². The minimum atomic E-state index is -1.17. The molecule has 0 saturated carbocycles. The lowest BCUT2D eigenvalue weighted by Crippen LogP contribution is -2.30. The number of rotatable bonds is 5. The number of nitrogens with zero attached hydrogens (tertiary/aromatic N) is 1. The largest absolute Gasteiger partial charge is 0.480 e. The molecule has 0 bridgehead atoms. The second-order valence-electron chi connectivity index (χ2n) is 3.51. The zero-order valence-electron chi connectivity index (χ0n) is 9.84. The number of carboxylic acids is 1. The lowest BCUT2D eigenvalue weighted by atomic mass is 10.1. The molecule has 3 N–H and O–H groups in total. The smallest absolute Gasteiger partial charge is 0.322 e. The molecule has 0 saturated heterocycles. The fourth-order valence-corrected chi connectivity index (χ4v) is 1.31. The molecular formula is C12H11N3O4. The van der Waals surface area contributed by atoms with Gasteiger partial charge in [-0.2, -0.15) is 5.26 Å². The van der Waals surface area contributed by atoms with E-state index in [2.05, 4.69) is 10.6 Å². The molecule has 0 unspecified atom stereocenters. The first-order valence-electron chi connectivity index (χ1n) is 5.30. The quantitative estimate of drug-likeness (QED) is 0.706. The first-order valence-corrected chi connectivity index (χ1v) is 5.30. The van der Waals surface area contributed by atoms with Crippen molar-refractivity contribution in [1.82, 2.24) is 5.32 Å². The Bertz CT molecular complexity index is 548. The number of hydrogen-bond acceptors (Lipinski definition) is 4. The molecule has 1 aromatic rings. The highest BCUT2D eigenvalue weighted by Gasteiger charge is 2.13. The van der Waals surface area contributed by atoms with Crippen LogP contribution in [-0.4, -0.2) is 29.4 Å². The molecule has 0 aliphatic rings. The van der Waals surface area contributed by atoms with Crippen LogP contribution in [0.4, 0.5) is 5.69 Å². The summed E-state index contributed by atoms with van der Waals surface area (Å²) < 4.78 is 0. The van der Waals surface area contributed by atoms with Crippen molar-refractivity contribution in [2.45, 2.75) is 6.42 Å². The fraction of sp³-hybridized carbons (Fsp3) is 0.167. The highest BCUT2D eigenvalue weighted by Crippen LogP contribution is 2.15. The summed E-state index contributed by atoms with van der Waals surface area (Å²) in [6, 6.07) is 7.81. The molecule has 7 heteroatoms. The maximum atomic E-state index is 11.7. The number of carbonyl (C=O) groups excluding carboxylic acids is 2. The number of para-hydroxylation sites is 1. The maximum absolute atomic E-state index is 11.7. The summed E-state index contributed by atoms with van der Waals surface area (Å²) in [6.07, 6.45) is -0.328. The van der Waals surface area contributed by atoms with Crippen molar-refractivity contribution in [2.24, 2.45) is 0 Å². The maximum Gasteiger partial charge on any atom is 0.322 e. The normalized spacial score (nSPS) is 9.21. The van der Waals surface area contributed by atoms with E-state index in [-0.39, 0.29) is 17.7 Å². The van der Waals surface area contributed by atoms with E-state index in [0.717, 1.165) is 0 Å². The third kappa shape index (κ3) is 4.47. The van der Waals surface area contributed by atoms with E-state index < -0.39 is 24.3 Å². The Morgan fingerprint density at radius 1 is 1.26 bits per heavy atom. The monoisotopic (exact) mass is 261 g/mol. The summed E-state index contributed by atoms with van der Waals surface area (Å²) in [7, 11) is 0. The molecule has 98 valence electrons. The first-order chi connectivity index (χ1) is 9.04. The first kappa shape index (κ1) is 14.2. The predicted octanol–water partition coefficient (Wildman–Crippen LogP) is 0.353. The highest BCUT2D eigenvalue weighted by atomic mass is 16.4. The van der Waals surface area contributed by atoms with Crippen molar-refractivity contribution in [2.75, 3.05) is 11.9 Å². The van der Waals surface area contributed by atoms with Gasteiger partial charge in [0.05, 0.1) is 17.3 Å². The number of amides is 2. The second-order valence-corrected chi connectivity index (χ2v) is 3.51. The van der Waals surface area contributed by atoms with Crippen molar-refractivity contribution >= 4 is 23.5 Å². The van der Waals surface area contributed by atoms with Crippen molar-refractivity contribution in [3.63, 3.8) is 0 Å². The van der Waals surface area contributed by atoms with Crippen LogP contribution in [0.25, 0.3) is 0 Å². The number of nitriles is 1. The minimum Gasteiger partial charge on any atom is -0.480 e. The van der Waals surface area contributed by atoms with Gasteiger partial charge in [-0.05, 0) is 12.1 Å². The molecule has 1 rings (SSSR count). The topological polar surface area (TPSA) is 119 Å². The number of hydrogen-bond donors (Lipinski definition) is 3. The van der Waals surface area contributed by atoms with Gasteiger partial charge in [0.25, 0.3) is 5.91 Å². The van der Waals surface area contributed by atoms with Crippen molar-refractivity contribution in [1.29, 1.82) is 5.26 Å². The second kappa shape index (κ2) is 6.76. The summed E-state index contributed by atoms with van der Waals surface area (Å²) >= 11 is 0. The third-order valence-electron chi connectivity index (χ3n) is 2.09. The number of aliphatic carboxylic acids is 1. The van der Waals surface area contributed by atoms with Crippen LogP contribution < -0.4 is 10.6 Å². The van der Waals surface area contributed by atoms with Crippen molar-refractivity contribution in [3.8, 4) is 6.07 Å². The fourth-order valence-electron chi connectivity index (χ4n) is 1.31. The Morgan fingerprint density at radius 2 is 1.95 bits per heavy atom. The zero-order chi connectivity index (χ0) is 14.3. The molecule has 0 heterocycles. The van der Waals surface area contributed by atoms with Gasteiger partial charge in [0.2, 0.25) is 5.91 Å². The van der Waals surface area contributed by atoms with Gasteiger partial charge in [-0.3, -0.25) is 14.4 Å². The standard InChI is InChI=1S/C12H11N3O4/c13-6-5-10(16)15-9-4-2-1-3-8(9)12(19)14-7-11(17)18/h1-4H,5,7H2,(H,14,19)(H,15,16)(H,17,18). The van der Waals surface area contributed by atoms with Gasteiger partial charge in [0.15, 0.2) is 0 Å². The SMILES string of the molecule is N#CCC(=O)Nc1ccccc1C(=O)NCC(=O)O. The summed E-state index contributed by atoms with van der Waals surface area (Å²) in [5, 5.41) is 21.5. The van der Waals surface area contributed by atoms with Gasteiger partial charge >= 0.3 is 5.97 Å². The summed E-state index contributed by atoms with van der Waals surface area (Å²) in [5.74, 6) is -2.32. The van der Waals surface area contributed by atoms with Crippen LogP contribution in [-0.2, 0) is 9.59 Å². The minimum absolute atomic E-state index is 0.134. The Balaban J connectivity index is 2.83. The van der Waals surface area contributed by atoms with Crippen LogP contribution >= 0.6 is 0 Å². The molecule has 7 nitrogen and oxygen atoms in total. The lowest BCUT2D eigenvalue weighted by molar-refractivity contribution is -0.135. The van der Waals surface area contributed by atoms with Crippen LogP contribution in [0.3, 0.4) is 0 Å². The Morgan fingerprint density at radius 3 is 2.58 bits per heavy atom. The molecule has 0 aromatic heterocycles. The van der Waals surface area contributed by atoms with E-state index >= 15 is 0 Å². The third-order valence-corrected chi connectivity index (χ3v) is 2.09. The lowest BCUT2D eigenvalue weighted by Gasteiger charge is -2.09. The zero-order valence-corrected chi connectivity index (χ0v) is 9.84. The number of carboxylic acid groups (broad SMARTS) is 1. The molecule has 2 amide bonds. The molecule has 0 atom stereocenters. The highest BCUT2D eigenvalue weighted by molar-refractivity contribution is 6.04. The Hall–Kier alpha value is -2.88. The average molecular weight is 261 g/mol. The van der Waals surface area contributed by atoms with Gasteiger partial charge in [-0.25, -0.2) is 0 Å². The van der Waals surface area contributed by atoms with Crippen LogP contribution in [0.2, 0.25) is 0 Å². The molecule has 0 aliphatic heterocycles.